The predicted octanol–water partition coefficient (Wildman–Crippen LogP) is 5.45. The van der Waals surface area contributed by atoms with Crippen molar-refractivity contribution in [3.63, 3.8) is 0 Å². The Morgan fingerprint density at radius 3 is 2.38 bits per heavy atom. The van der Waals surface area contributed by atoms with E-state index in [0.29, 0.717) is 5.56 Å². The van der Waals surface area contributed by atoms with Crippen molar-refractivity contribution in [3.8, 4) is 6.07 Å². The van der Waals surface area contributed by atoms with Gasteiger partial charge in [0.05, 0.1) is 17.7 Å². The number of halogens is 1. The van der Waals surface area contributed by atoms with Crippen molar-refractivity contribution in [2.75, 3.05) is 5.32 Å². The first-order valence-electron chi connectivity index (χ1n) is 7.23. The summed E-state index contributed by atoms with van der Waals surface area (Å²) in [6, 6.07) is 16.8. The van der Waals surface area contributed by atoms with Crippen LogP contribution >= 0.6 is 15.9 Å². The maximum atomic E-state index is 8.92. The van der Waals surface area contributed by atoms with Crippen LogP contribution in [-0.4, -0.2) is 0 Å². The second-order valence-electron chi connectivity index (χ2n) is 5.01. The van der Waals surface area contributed by atoms with E-state index in [1.54, 1.807) is 0 Å². The van der Waals surface area contributed by atoms with E-state index in [-0.39, 0.29) is 6.04 Å². The van der Waals surface area contributed by atoms with Gasteiger partial charge in [-0.2, -0.15) is 5.26 Å². The Kier molecular flexibility index (Phi) is 5.41. The first-order valence-corrected chi connectivity index (χ1v) is 8.02. The number of hydrogen-bond donors (Lipinski definition) is 1. The summed E-state index contributed by atoms with van der Waals surface area (Å²) in [6.45, 7) is 4.33. The molecular formula is C18H19BrN2. The van der Waals surface area contributed by atoms with Gasteiger partial charge < -0.3 is 5.32 Å². The van der Waals surface area contributed by atoms with Crippen LogP contribution in [-0.2, 0) is 6.42 Å². The number of rotatable bonds is 5. The van der Waals surface area contributed by atoms with Gasteiger partial charge in [0.2, 0.25) is 0 Å². The van der Waals surface area contributed by atoms with E-state index in [0.717, 1.165) is 23.0 Å². The van der Waals surface area contributed by atoms with Crippen molar-refractivity contribution < 1.29 is 0 Å². The Balaban J connectivity index is 2.20. The zero-order valence-corrected chi connectivity index (χ0v) is 13.9. The lowest BCUT2D eigenvalue weighted by atomic mass is 10.0. The van der Waals surface area contributed by atoms with E-state index in [1.165, 1.54) is 11.1 Å². The first kappa shape index (κ1) is 15.6. The second kappa shape index (κ2) is 7.28. The zero-order valence-electron chi connectivity index (χ0n) is 12.4. The molecule has 0 aromatic heterocycles. The Bertz CT molecular complexity index is 641. The standard InChI is InChI=1S/C18H19BrN2/c1-3-13-5-8-15(9-6-13)17(4-2)21-18-10-7-14(12-20)11-16(18)19/h5-11,17,21H,3-4H2,1-2H3. The summed E-state index contributed by atoms with van der Waals surface area (Å²) in [5.41, 5.74) is 4.31. The smallest absolute Gasteiger partial charge is 0.0992 e. The van der Waals surface area contributed by atoms with Crippen LogP contribution in [0.15, 0.2) is 46.9 Å². The summed E-state index contributed by atoms with van der Waals surface area (Å²) in [7, 11) is 0. The van der Waals surface area contributed by atoms with Crippen molar-refractivity contribution in [1.82, 2.24) is 0 Å². The number of aryl methyl sites for hydroxylation is 1. The van der Waals surface area contributed by atoms with Crippen LogP contribution in [0, 0.1) is 11.3 Å². The minimum Gasteiger partial charge on any atom is -0.377 e. The maximum Gasteiger partial charge on any atom is 0.0992 e. The first-order chi connectivity index (χ1) is 10.2. The van der Waals surface area contributed by atoms with Crippen LogP contribution in [0.4, 0.5) is 5.69 Å². The minimum atomic E-state index is 0.264. The SMILES string of the molecule is CCc1ccc(C(CC)Nc2ccc(C#N)cc2Br)cc1. The Morgan fingerprint density at radius 1 is 1.14 bits per heavy atom. The third kappa shape index (κ3) is 3.86. The van der Waals surface area contributed by atoms with Gasteiger partial charge in [0.15, 0.2) is 0 Å². The van der Waals surface area contributed by atoms with Gasteiger partial charge in [0.1, 0.15) is 0 Å². The lowest BCUT2D eigenvalue weighted by Crippen LogP contribution is -2.10. The van der Waals surface area contributed by atoms with Crippen molar-refractivity contribution in [2.24, 2.45) is 0 Å². The molecule has 0 amide bonds. The second-order valence-corrected chi connectivity index (χ2v) is 5.86. The third-order valence-electron chi connectivity index (χ3n) is 3.63. The molecule has 2 aromatic carbocycles. The Hall–Kier alpha value is -1.79. The summed E-state index contributed by atoms with van der Waals surface area (Å²) in [6.07, 6.45) is 2.06. The molecule has 0 aliphatic carbocycles. The molecule has 0 spiro atoms. The Labute approximate surface area is 134 Å². The summed E-state index contributed by atoms with van der Waals surface area (Å²) in [4.78, 5) is 0. The molecule has 0 aliphatic rings. The number of anilines is 1. The molecule has 3 heteroatoms. The summed E-state index contributed by atoms with van der Waals surface area (Å²) in [5, 5.41) is 12.5. The van der Waals surface area contributed by atoms with Gasteiger partial charge in [-0.25, -0.2) is 0 Å². The van der Waals surface area contributed by atoms with Crippen LogP contribution in [0.2, 0.25) is 0 Å². The predicted molar refractivity (Wildman–Crippen MR) is 91.3 cm³/mol. The van der Waals surface area contributed by atoms with Gasteiger partial charge in [0, 0.05) is 10.2 Å². The van der Waals surface area contributed by atoms with E-state index >= 15 is 0 Å². The highest BCUT2D eigenvalue weighted by Crippen LogP contribution is 2.29. The Morgan fingerprint density at radius 2 is 1.86 bits per heavy atom. The molecular weight excluding hydrogens is 324 g/mol. The van der Waals surface area contributed by atoms with Gasteiger partial charge in [-0.3, -0.25) is 0 Å². The normalized spacial score (nSPS) is 11.7. The highest BCUT2D eigenvalue weighted by Gasteiger charge is 2.11. The molecule has 0 fully saturated rings. The zero-order chi connectivity index (χ0) is 15.2. The van der Waals surface area contributed by atoms with Gasteiger partial charge >= 0.3 is 0 Å². The van der Waals surface area contributed by atoms with Crippen LogP contribution in [0.25, 0.3) is 0 Å². The molecule has 0 saturated heterocycles. The quantitative estimate of drug-likeness (QED) is 0.784. The molecule has 0 saturated carbocycles. The minimum absolute atomic E-state index is 0.264. The van der Waals surface area contributed by atoms with E-state index in [4.69, 9.17) is 5.26 Å². The van der Waals surface area contributed by atoms with E-state index < -0.39 is 0 Å². The van der Waals surface area contributed by atoms with E-state index in [1.807, 2.05) is 18.2 Å². The molecule has 1 unspecified atom stereocenters. The molecule has 2 rings (SSSR count). The largest absolute Gasteiger partial charge is 0.377 e. The van der Waals surface area contributed by atoms with E-state index in [9.17, 15) is 0 Å². The van der Waals surface area contributed by atoms with Gasteiger partial charge in [0.25, 0.3) is 0 Å². The molecule has 1 N–H and O–H groups in total. The van der Waals surface area contributed by atoms with Crippen LogP contribution in [0.1, 0.15) is 43.0 Å². The summed E-state index contributed by atoms with van der Waals surface area (Å²) >= 11 is 3.53. The molecule has 1 atom stereocenters. The van der Waals surface area contributed by atoms with Crippen LogP contribution < -0.4 is 5.32 Å². The average Bonchev–Trinajstić information content (AvgIpc) is 2.54. The molecule has 0 aliphatic heterocycles. The average molecular weight is 343 g/mol. The number of benzene rings is 2. The summed E-state index contributed by atoms with van der Waals surface area (Å²) < 4.78 is 0.921. The number of nitrogens with zero attached hydrogens (tertiary/aromatic N) is 1. The third-order valence-corrected chi connectivity index (χ3v) is 4.28. The highest BCUT2D eigenvalue weighted by molar-refractivity contribution is 9.10. The van der Waals surface area contributed by atoms with Crippen molar-refractivity contribution in [2.45, 2.75) is 32.7 Å². The lowest BCUT2D eigenvalue weighted by molar-refractivity contribution is 0.748. The van der Waals surface area contributed by atoms with Crippen LogP contribution in [0.3, 0.4) is 0 Å². The van der Waals surface area contributed by atoms with E-state index in [2.05, 4.69) is 65.4 Å². The fraction of sp³-hybridized carbons (Fsp3) is 0.278. The molecule has 2 nitrogen and oxygen atoms in total. The van der Waals surface area contributed by atoms with Crippen molar-refractivity contribution in [1.29, 1.82) is 5.26 Å². The molecule has 0 bridgehead atoms. The maximum absolute atomic E-state index is 8.92. The van der Waals surface area contributed by atoms with Gasteiger partial charge in [-0.1, -0.05) is 38.1 Å². The van der Waals surface area contributed by atoms with Gasteiger partial charge in [-0.05, 0) is 58.1 Å². The highest BCUT2D eigenvalue weighted by atomic mass is 79.9. The summed E-state index contributed by atoms with van der Waals surface area (Å²) in [5.74, 6) is 0. The lowest BCUT2D eigenvalue weighted by Gasteiger charge is -2.20. The molecule has 21 heavy (non-hydrogen) atoms. The monoisotopic (exact) mass is 342 g/mol. The fourth-order valence-electron chi connectivity index (χ4n) is 2.30. The van der Waals surface area contributed by atoms with Gasteiger partial charge in [-0.15, -0.1) is 0 Å². The van der Waals surface area contributed by atoms with Crippen LogP contribution in [0.5, 0.6) is 0 Å². The molecule has 108 valence electrons. The number of hydrogen-bond acceptors (Lipinski definition) is 2. The topological polar surface area (TPSA) is 35.8 Å². The molecule has 0 heterocycles. The number of nitrogens with one attached hydrogen (secondary N) is 1. The molecule has 0 radical (unpaired) electrons. The van der Waals surface area contributed by atoms with Crippen molar-refractivity contribution >= 4 is 21.6 Å². The van der Waals surface area contributed by atoms with Crippen molar-refractivity contribution in [3.05, 3.63) is 63.6 Å². The fourth-order valence-corrected chi connectivity index (χ4v) is 2.79. The molecule has 2 aromatic rings. The number of nitriles is 1.